The van der Waals surface area contributed by atoms with E-state index in [1.54, 1.807) is 14.2 Å². The van der Waals surface area contributed by atoms with Gasteiger partial charge in [0.2, 0.25) is 0 Å². The number of anilines is 2. The Hall–Kier alpha value is -1.62. The molecule has 116 valence electrons. The van der Waals surface area contributed by atoms with Gasteiger partial charge in [-0.2, -0.15) is 0 Å². The molecular weight excluding hydrogens is 268 g/mol. The minimum Gasteiger partial charge on any atom is -0.494 e. The van der Waals surface area contributed by atoms with Crippen molar-refractivity contribution in [2.24, 2.45) is 0 Å². The van der Waals surface area contributed by atoms with Crippen LogP contribution in [0.25, 0.3) is 0 Å². The molecule has 1 aromatic rings. The van der Waals surface area contributed by atoms with E-state index in [-0.39, 0.29) is 0 Å². The maximum atomic E-state index is 5.63. The van der Waals surface area contributed by atoms with E-state index in [0.717, 1.165) is 62.3 Å². The van der Waals surface area contributed by atoms with Gasteiger partial charge < -0.3 is 24.0 Å². The van der Waals surface area contributed by atoms with Crippen LogP contribution in [0.5, 0.6) is 11.5 Å². The highest BCUT2D eigenvalue weighted by Crippen LogP contribution is 2.41. The molecule has 0 radical (unpaired) electrons. The number of morpholine rings is 1. The summed E-state index contributed by atoms with van der Waals surface area (Å²) in [4.78, 5) is 4.68. The molecule has 0 aliphatic carbocycles. The first-order valence-electron chi connectivity index (χ1n) is 7.67. The lowest BCUT2D eigenvalue weighted by Crippen LogP contribution is -2.36. The smallest absolute Gasteiger partial charge is 0.144 e. The van der Waals surface area contributed by atoms with Crippen LogP contribution in [0.1, 0.15) is 12.8 Å². The molecule has 0 unspecified atom stereocenters. The van der Waals surface area contributed by atoms with Gasteiger partial charge in [-0.3, -0.25) is 0 Å². The van der Waals surface area contributed by atoms with Crippen LogP contribution in [-0.4, -0.2) is 53.6 Å². The quantitative estimate of drug-likeness (QED) is 0.849. The van der Waals surface area contributed by atoms with Crippen molar-refractivity contribution >= 4 is 11.4 Å². The molecule has 0 amide bonds. The summed E-state index contributed by atoms with van der Waals surface area (Å²) in [5.74, 6) is 1.85. The summed E-state index contributed by atoms with van der Waals surface area (Å²) < 4.78 is 16.7. The Morgan fingerprint density at radius 3 is 1.76 bits per heavy atom. The zero-order chi connectivity index (χ0) is 14.7. The molecule has 21 heavy (non-hydrogen) atoms. The molecule has 5 heteroatoms. The van der Waals surface area contributed by atoms with Crippen molar-refractivity contribution in [2.75, 3.05) is 63.4 Å². The molecular formula is C16H24N2O3. The van der Waals surface area contributed by atoms with Crippen LogP contribution in [0.4, 0.5) is 11.4 Å². The van der Waals surface area contributed by atoms with Gasteiger partial charge >= 0.3 is 0 Å². The van der Waals surface area contributed by atoms with Crippen molar-refractivity contribution in [3.63, 3.8) is 0 Å². The third-order valence-corrected chi connectivity index (χ3v) is 4.28. The number of ether oxygens (including phenoxy) is 3. The average molecular weight is 292 g/mol. The van der Waals surface area contributed by atoms with E-state index >= 15 is 0 Å². The second-order valence-electron chi connectivity index (χ2n) is 5.49. The first kappa shape index (κ1) is 14.3. The van der Waals surface area contributed by atoms with E-state index in [0.29, 0.717) is 0 Å². The van der Waals surface area contributed by atoms with Gasteiger partial charge in [-0.15, -0.1) is 0 Å². The van der Waals surface area contributed by atoms with Crippen LogP contribution < -0.4 is 19.3 Å². The van der Waals surface area contributed by atoms with Gasteiger partial charge in [-0.1, -0.05) is 0 Å². The Kier molecular flexibility index (Phi) is 4.39. The van der Waals surface area contributed by atoms with Crippen molar-refractivity contribution in [2.45, 2.75) is 12.8 Å². The lowest BCUT2D eigenvalue weighted by Gasteiger charge is -2.31. The highest BCUT2D eigenvalue weighted by atomic mass is 16.5. The molecule has 0 saturated carbocycles. The number of rotatable bonds is 4. The summed E-state index contributed by atoms with van der Waals surface area (Å²) in [5, 5.41) is 0. The molecule has 2 heterocycles. The van der Waals surface area contributed by atoms with Crippen molar-refractivity contribution < 1.29 is 14.2 Å². The van der Waals surface area contributed by atoms with E-state index in [4.69, 9.17) is 14.2 Å². The largest absolute Gasteiger partial charge is 0.494 e. The van der Waals surface area contributed by atoms with Gasteiger partial charge in [0.25, 0.3) is 0 Å². The van der Waals surface area contributed by atoms with Gasteiger partial charge in [0.15, 0.2) is 0 Å². The van der Waals surface area contributed by atoms with E-state index in [1.807, 2.05) is 0 Å². The first-order chi connectivity index (χ1) is 10.3. The van der Waals surface area contributed by atoms with Crippen molar-refractivity contribution in [3.05, 3.63) is 12.1 Å². The number of hydrogen-bond acceptors (Lipinski definition) is 5. The molecule has 0 atom stereocenters. The predicted octanol–water partition coefficient (Wildman–Crippen LogP) is 2.14. The molecule has 2 saturated heterocycles. The standard InChI is InChI=1S/C16H24N2O3/c1-19-15-12-14(18-7-9-21-10-8-18)16(20-2)11-13(15)17-5-3-4-6-17/h11-12H,3-10H2,1-2H3. The molecule has 1 aromatic carbocycles. The molecule has 5 nitrogen and oxygen atoms in total. The monoisotopic (exact) mass is 292 g/mol. The second-order valence-corrected chi connectivity index (χ2v) is 5.49. The summed E-state index contributed by atoms with van der Waals surface area (Å²) in [5.41, 5.74) is 2.24. The zero-order valence-corrected chi connectivity index (χ0v) is 12.9. The Morgan fingerprint density at radius 1 is 0.810 bits per heavy atom. The fraction of sp³-hybridized carbons (Fsp3) is 0.625. The normalized spacial score (nSPS) is 19.0. The predicted molar refractivity (Wildman–Crippen MR) is 84.0 cm³/mol. The lowest BCUT2D eigenvalue weighted by atomic mass is 10.2. The third kappa shape index (κ3) is 2.88. The number of nitrogens with zero attached hydrogens (tertiary/aromatic N) is 2. The van der Waals surface area contributed by atoms with Gasteiger partial charge in [0, 0.05) is 38.3 Å². The van der Waals surface area contributed by atoms with Crippen LogP contribution in [0.3, 0.4) is 0 Å². The van der Waals surface area contributed by atoms with Crippen LogP contribution in [0, 0.1) is 0 Å². The summed E-state index contributed by atoms with van der Waals surface area (Å²) in [7, 11) is 3.48. The van der Waals surface area contributed by atoms with E-state index in [1.165, 1.54) is 12.8 Å². The molecule has 0 N–H and O–H groups in total. The van der Waals surface area contributed by atoms with Gasteiger partial charge in [0.05, 0.1) is 38.8 Å². The summed E-state index contributed by atoms with van der Waals surface area (Å²) in [6.07, 6.45) is 2.49. The molecule has 2 fully saturated rings. The Bertz CT molecular complexity index is 481. The molecule has 3 rings (SSSR count). The topological polar surface area (TPSA) is 34.2 Å². The maximum absolute atomic E-state index is 5.63. The lowest BCUT2D eigenvalue weighted by molar-refractivity contribution is 0.122. The van der Waals surface area contributed by atoms with E-state index < -0.39 is 0 Å². The zero-order valence-electron chi connectivity index (χ0n) is 12.9. The highest BCUT2D eigenvalue weighted by Gasteiger charge is 2.22. The number of benzene rings is 1. The molecule has 0 aromatic heterocycles. The van der Waals surface area contributed by atoms with Gasteiger partial charge in [0.1, 0.15) is 11.5 Å². The summed E-state index contributed by atoms with van der Waals surface area (Å²) in [6, 6.07) is 4.23. The molecule has 0 spiro atoms. The fourth-order valence-electron chi connectivity index (χ4n) is 3.12. The number of hydrogen-bond donors (Lipinski definition) is 0. The van der Waals surface area contributed by atoms with Crippen molar-refractivity contribution in [1.82, 2.24) is 0 Å². The fourth-order valence-corrected chi connectivity index (χ4v) is 3.12. The SMILES string of the molecule is COc1cc(N2CCOCC2)c(OC)cc1N1CCCC1. The van der Waals surface area contributed by atoms with Crippen molar-refractivity contribution in [3.8, 4) is 11.5 Å². The van der Waals surface area contributed by atoms with Gasteiger partial charge in [-0.05, 0) is 12.8 Å². The Labute approximate surface area is 126 Å². The first-order valence-corrected chi connectivity index (χ1v) is 7.67. The van der Waals surface area contributed by atoms with Gasteiger partial charge in [-0.25, -0.2) is 0 Å². The maximum Gasteiger partial charge on any atom is 0.144 e. The van der Waals surface area contributed by atoms with Crippen LogP contribution in [-0.2, 0) is 4.74 Å². The minimum absolute atomic E-state index is 0.763. The third-order valence-electron chi connectivity index (χ3n) is 4.28. The molecule has 2 aliphatic rings. The molecule has 2 aliphatic heterocycles. The summed E-state index contributed by atoms with van der Waals surface area (Å²) in [6.45, 7) is 5.50. The average Bonchev–Trinajstić information content (AvgIpc) is 3.08. The molecule has 0 bridgehead atoms. The Morgan fingerprint density at radius 2 is 1.29 bits per heavy atom. The Balaban J connectivity index is 1.96. The second kappa shape index (κ2) is 6.43. The van der Waals surface area contributed by atoms with E-state index in [9.17, 15) is 0 Å². The van der Waals surface area contributed by atoms with Crippen LogP contribution >= 0.6 is 0 Å². The van der Waals surface area contributed by atoms with E-state index in [2.05, 4.69) is 21.9 Å². The van der Waals surface area contributed by atoms with Crippen molar-refractivity contribution in [1.29, 1.82) is 0 Å². The van der Waals surface area contributed by atoms with Crippen LogP contribution in [0.15, 0.2) is 12.1 Å². The highest BCUT2D eigenvalue weighted by molar-refractivity contribution is 5.73. The summed E-state index contributed by atoms with van der Waals surface area (Å²) >= 11 is 0. The number of methoxy groups -OCH3 is 2. The van der Waals surface area contributed by atoms with Crippen LogP contribution in [0.2, 0.25) is 0 Å². The minimum atomic E-state index is 0.763.